The maximum atomic E-state index is 11.8. The van der Waals surface area contributed by atoms with Crippen LogP contribution in [0.4, 0.5) is 0 Å². The molecule has 8 heteroatoms. The monoisotopic (exact) mass is 438 g/mol. The maximum absolute atomic E-state index is 11.8. The Morgan fingerprint density at radius 1 is 0.774 bits per heavy atom. The number of hydrogen-bond acceptors (Lipinski definition) is 8. The van der Waals surface area contributed by atoms with Crippen LogP contribution in [0, 0.1) is 23.2 Å². The molecule has 5 aliphatic rings. The minimum absolute atomic E-state index is 0.145. The van der Waals surface area contributed by atoms with Gasteiger partial charge in [-0.2, -0.15) is 0 Å². The predicted octanol–water partition coefficient (Wildman–Crippen LogP) is 2.76. The van der Waals surface area contributed by atoms with Crippen molar-refractivity contribution in [2.75, 3.05) is 6.61 Å². The molecule has 0 N–H and O–H groups in total. The van der Waals surface area contributed by atoms with Crippen LogP contribution in [0.1, 0.15) is 66.2 Å². The Balaban J connectivity index is 1.51. The van der Waals surface area contributed by atoms with Crippen LogP contribution >= 0.6 is 0 Å². The van der Waals surface area contributed by atoms with Crippen molar-refractivity contribution >= 4 is 17.9 Å². The van der Waals surface area contributed by atoms with E-state index >= 15 is 0 Å². The first-order chi connectivity index (χ1) is 14.6. The molecule has 0 aromatic heterocycles. The molecule has 0 aromatic rings. The van der Waals surface area contributed by atoms with Crippen LogP contribution in [0.15, 0.2) is 0 Å². The summed E-state index contributed by atoms with van der Waals surface area (Å²) in [6.45, 7) is 6.07. The average molecular weight is 439 g/mol. The second-order valence-corrected chi connectivity index (χ2v) is 10.2. The van der Waals surface area contributed by atoms with Crippen LogP contribution in [-0.2, 0) is 38.1 Å². The molecule has 0 radical (unpaired) electrons. The molecule has 1 saturated heterocycles. The third kappa shape index (κ3) is 4.90. The summed E-state index contributed by atoms with van der Waals surface area (Å²) in [5.41, 5.74) is 0.145. The number of carbonyl (C=O) groups excluding carboxylic acids is 3. The zero-order valence-corrected chi connectivity index (χ0v) is 18.8. The number of esters is 3. The van der Waals surface area contributed by atoms with Gasteiger partial charge >= 0.3 is 17.9 Å². The molecule has 0 aromatic carbocycles. The molecule has 8 nitrogen and oxygen atoms in total. The molecule has 0 unspecified atom stereocenters. The third-order valence-corrected chi connectivity index (χ3v) is 7.35. The van der Waals surface area contributed by atoms with E-state index in [9.17, 15) is 14.4 Å². The first-order valence-electron chi connectivity index (χ1n) is 11.4. The van der Waals surface area contributed by atoms with Crippen molar-refractivity contribution in [2.45, 2.75) is 96.9 Å². The van der Waals surface area contributed by atoms with E-state index < -0.39 is 48.6 Å². The van der Waals surface area contributed by atoms with Crippen molar-refractivity contribution in [3.05, 3.63) is 0 Å². The number of hydrogen-bond donors (Lipinski definition) is 0. The Labute approximate surface area is 183 Å². The summed E-state index contributed by atoms with van der Waals surface area (Å²) in [6, 6.07) is 0. The predicted molar refractivity (Wildman–Crippen MR) is 108 cm³/mol. The van der Waals surface area contributed by atoms with Crippen molar-refractivity contribution in [1.82, 2.24) is 0 Å². The van der Waals surface area contributed by atoms with E-state index in [1.165, 1.54) is 59.3 Å². The van der Waals surface area contributed by atoms with Gasteiger partial charge in [0, 0.05) is 20.8 Å². The lowest BCUT2D eigenvalue weighted by Gasteiger charge is -2.57. The Bertz CT molecular complexity index is 683. The Morgan fingerprint density at radius 2 is 1.23 bits per heavy atom. The van der Waals surface area contributed by atoms with E-state index in [2.05, 4.69) is 0 Å². The molecule has 174 valence electrons. The highest BCUT2D eigenvalue weighted by Gasteiger charge is 2.54. The molecule has 5 rings (SSSR count). The molecule has 1 aliphatic heterocycles. The maximum Gasteiger partial charge on any atom is 0.303 e. The van der Waals surface area contributed by atoms with Gasteiger partial charge in [-0.25, -0.2) is 0 Å². The lowest BCUT2D eigenvalue weighted by atomic mass is 9.50. The van der Waals surface area contributed by atoms with Crippen molar-refractivity contribution in [1.29, 1.82) is 0 Å². The Kier molecular flexibility index (Phi) is 6.32. The zero-order chi connectivity index (χ0) is 22.3. The summed E-state index contributed by atoms with van der Waals surface area (Å²) in [6.07, 6.45) is 3.11. The Hall–Kier alpha value is -1.67. The largest absolute Gasteiger partial charge is 0.456 e. The van der Waals surface area contributed by atoms with Gasteiger partial charge in [0.2, 0.25) is 0 Å². The molecular weight excluding hydrogens is 404 g/mol. The first kappa shape index (κ1) is 22.5. The van der Waals surface area contributed by atoms with E-state index in [-0.39, 0.29) is 5.41 Å². The highest BCUT2D eigenvalue weighted by atomic mass is 16.7. The fourth-order valence-electron chi connectivity index (χ4n) is 6.83. The fourth-order valence-corrected chi connectivity index (χ4v) is 6.83. The van der Waals surface area contributed by atoms with Gasteiger partial charge in [-0.3, -0.25) is 14.4 Å². The van der Waals surface area contributed by atoms with Gasteiger partial charge in [-0.05, 0) is 68.6 Å². The quantitative estimate of drug-likeness (QED) is 0.461. The molecule has 4 aliphatic carbocycles. The third-order valence-electron chi connectivity index (χ3n) is 7.35. The molecule has 31 heavy (non-hydrogen) atoms. The highest BCUT2D eigenvalue weighted by molar-refractivity contribution is 5.68. The lowest BCUT2D eigenvalue weighted by molar-refractivity contribution is -0.308. The summed E-state index contributed by atoms with van der Waals surface area (Å²) < 4.78 is 28.6. The first-order valence-corrected chi connectivity index (χ1v) is 11.4. The molecule has 0 spiro atoms. The SMILES string of the molecule is CC(=O)O[C@H]1[C@H](OC(C)=O)[C@H](OCC23CC4CC(CC(C4)C2)C3)O[C@@H](C)[C@H]1OC(C)=O. The topological polar surface area (TPSA) is 97.4 Å². The van der Waals surface area contributed by atoms with Gasteiger partial charge in [0.25, 0.3) is 0 Å². The summed E-state index contributed by atoms with van der Waals surface area (Å²) in [5, 5.41) is 0. The molecule has 0 amide bonds. The molecular formula is C23H34O8. The van der Waals surface area contributed by atoms with Gasteiger partial charge in [-0.15, -0.1) is 0 Å². The minimum Gasteiger partial charge on any atom is -0.456 e. The van der Waals surface area contributed by atoms with Crippen LogP contribution in [0.25, 0.3) is 0 Å². The summed E-state index contributed by atoms with van der Waals surface area (Å²) in [7, 11) is 0. The summed E-state index contributed by atoms with van der Waals surface area (Å²) >= 11 is 0. The highest BCUT2D eigenvalue weighted by Crippen LogP contribution is 2.60. The number of ether oxygens (including phenoxy) is 5. The van der Waals surface area contributed by atoms with Crippen molar-refractivity contribution in [3.63, 3.8) is 0 Å². The van der Waals surface area contributed by atoms with Crippen LogP contribution < -0.4 is 0 Å². The van der Waals surface area contributed by atoms with Gasteiger partial charge in [0.1, 0.15) is 0 Å². The normalized spacial score (nSPS) is 43.4. The van der Waals surface area contributed by atoms with Gasteiger partial charge in [-0.1, -0.05) is 0 Å². The molecule has 5 fully saturated rings. The molecule has 4 bridgehead atoms. The van der Waals surface area contributed by atoms with Crippen molar-refractivity contribution < 1.29 is 38.1 Å². The Morgan fingerprint density at radius 3 is 1.71 bits per heavy atom. The van der Waals surface area contributed by atoms with Crippen LogP contribution in [0.3, 0.4) is 0 Å². The van der Waals surface area contributed by atoms with Crippen molar-refractivity contribution in [3.8, 4) is 0 Å². The smallest absolute Gasteiger partial charge is 0.303 e. The lowest BCUT2D eigenvalue weighted by Crippen LogP contribution is -2.61. The second-order valence-electron chi connectivity index (χ2n) is 10.2. The minimum atomic E-state index is -1.02. The van der Waals surface area contributed by atoms with Gasteiger partial charge < -0.3 is 23.7 Å². The van der Waals surface area contributed by atoms with Crippen molar-refractivity contribution in [2.24, 2.45) is 23.2 Å². The zero-order valence-electron chi connectivity index (χ0n) is 18.8. The van der Waals surface area contributed by atoms with Crippen LogP contribution in [0.2, 0.25) is 0 Å². The van der Waals surface area contributed by atoms with E-state index in [0.717, 1.165) is 17.8 Å². The standard InChI is InChI=1S/C23H34O8/c1-12-19(29-13(2)24)20(30-14(3)25)21(31-15(4)26)22(28-12)27-11-23-8-16-5-17(9-23)7-18(6-16)10-23/h12,16-22H,5-11H2,1-4H3/t12-,16?,17?,18?,19+,20+,21-,22+,23?/m0/s1. The fraction of sp³-hybridized carbons (Fsp3) is 0.870. The van der Waals surface area contributed by atoms with Crippen LogP contribution in [-0.4, -0.2) is 55.2 Å². The summed E-state index contributed by atoms with van der Waals surface area (Å²) in [4.78, 5) is 35.3. The van der Waals surface area contributed by atoms with E-state index in [1.807, 2.05) is 0 Å². The average Bonchev–Trinajstić information content (AvgIpc) is 2.63. The second kappa shape index (κ2) is 8.70. The number of rotatable bonds is 6. The van der Waals surface area contributed by atoms with E-state index in [4.69, 9.17) is 23.7 Å². The molecule has 1 heterocycles. The van der Waals surface area contributed by atoms with Gasteiger partial charge in [0.15, 0.2) is 24.6 Å². The number of carbonyl (C=O) groups is 3. The summed E-state index contributed by atoms with van der Waals surface area (Å²) in [5.74, 6) is 0.706. The van der Waals surface area contributed by atoms with Gasteiger partial charge in [0.05, 0.1) is 12.7 Å². The van der Waals surface area contributed by atoms with Crippen LogP contribution in [0.5, 0.6) is 0 Å². The van der Waals surface area contributed by atoms with E-state index in [1.54, 1.807) is 6.92 Å². The van der Waals surface area contributed by atoms with E-state index in [0.29, 0.717) is 6.61 Å². The molecule has 5 atom stereocenters. The molecule has 4 saturated carbocycles.